The molecule has 3 nitrogen and oxygen atoms in total. The van der Waals surface area contributed by atoms with Gasteiger partial charge in [0.05, 0.1) is 0 Å². The van der Waals surface area contributed by atoms with Gasteiger partial charge in [0.15, 0.2) is 0 Å². The molecule has 1 aromatic rings. The molecule has 1 fully saturated rings. The molecule has 0 amide bonds. The smallest absolute Gasteiger partial charge is 0.138 e. The van der Waals surface area contributed by atoms with Crippen molar-refractivity contribution >= 4 is 33.5 Å². The zero-order valence-corrected chi connectivity index (χ0v) is 11.9. The van der Waals surface area contributed by atoms with Gasteiger partial charge in [0.1, 0.15) is 5.78 Å². The Morgan fingerprint density at radius 2 is 2.47 bits per heavy atom. The molecule has 0 saturated carbocycles. The zero-order valence-electron chi connectivity index (χ0n) is 9.49. The van der Waals surface area contributed by atoms with Gasteiger partial charge in [-0.15, -0.1) is 0 Å². The Kier molecular flexibility index (Phi) is 5.00. The van der Waals surface area contributed by atoms with Crippen molar-refractivity contribution in [1.82, 2.24) is 10.3 Å². The van der Waals surface area contributed by atoms with Crippen LogP contribution in [0.25, 0.3) is 0 Å². The summed E-state index contributed by atoms with van der Waals surface area (Å²) in [5.41, 5.74) is 0.979. The van der Waals surface area contributed by atoms with Gasteiger partial charge in [-0.25, -0.2) is 0 Å². The molecule has 1 aromatic heterocycles. The number of carbonyl (C=O) groups is 1. The van der Waals surface area contributed by atoms with Gasteiger partial charge < -0.3 is 5.32 Å². The summed E-state index contributed by atoms with van der Waals surface area (Å²) in [6, 6.07) is 2.30. The number of hydrogen-bond acceptors (Lipinski definition) is 4. The highest BCUT2D eigenvalue weighted by Crippen LogP contribution is 2.14. The van der Waals surface area contributed by atoms with Gasteiger partial charge in [-0.1, -0.05) is 0 Å². The molecule has 0 aromatic carbocycles. The maximum absolute atomic E-state index is 11.9. The van der Waals surface area contributed by atoms with E-state index in [-0.39, 0.29) is 5.78 Å². The zero-order chi connectivity index (χ0) is 12.1. The molecule has 92 valence electrons. The molecule has 2 rings (SSSR count). The predicted molar refractivity (Wildman–Crippen MR) is 74.4 cm³/mol. The van der Waals surface area contributed by atoms with E-state index in [4.69, 9.17) is 0 Å². The summed E-state index contributed by atoms with van der Waals surface area (Å²) in [6.07, 6.45) is 4.59. The van der Waals surface area contributed by atoms with E-state index in [0.717, 1.165) is 28.1 Å². The quantitative estimate of drug-likeness (QED) is 0.923. The predicted octanol–water partition coefficient (Wildman–Crippen LogP) is 2.05. The maximum atomic E-state index is 11.9. The van der Waals surface area contributed by atoms with Crippen LogP contribution in [0.1, 0.15) is 12.0 Å². The van der Waals surface area contributed by atoms with Crippen LogP contribution < -0.4 is 5.32 Å². The average Bonchev–Trinajstić information content (AvgIpc) is 2.30. The summed E-state index contributed by atoms with van der Waals surface area (Å²) < 4.78 is 0.925. The lowest BCUT2D eigenvalue weighted by Crippen LogP contribution is -2.39. The molecule has 0 aliphatic carbocycles. The number of rotatable bonds is 4. The van der Waals surface area contributed by atoms with Crippen molar-refractivity contribution in [3.8, 4) is 0 Å². The SMILES string of the molecule is O=C(Cc1cncc(Br)c1)CC1CSCCN1. The number of nitrogens with one attached hydrogen (secondary N) is 1. The summed E-state index contributed by atoms with van der Waals surface area (Å²) in [5, 5.41) is 3.38. The highest BCUT2D eigenvalue weighted by atomic mass is 79.9. The van der Waals surface area contributed by atoms with Gasteiger partial charge in [0.25, 0.3) is 0 Å². The maximum Gasteiger partial charge on any atom is 0.138 e. The molecule has 0 spiro atoms. The van der Waals surface area contributed by atoms with Crippen LogP contribution in [0.15, 0.2) is 22.9 Å². The highest BCUT2D eigenvalue weighted by Gasteiger charge is 2.16. The highest BCUT2D eigenvalue weighted by molar-refractivity contribution is 9.10. The lowest BCUT2D eigenvalue weighted by atomic mass is 10.1. The second-order valence-electron chi connectivity index (χ2n) is 4.16. The van der Waals surface area contributed by atoms with Gasteiger partial charge >= 0.3 is 0 Å². The number of Topliss-reactive ketones (excluding diaryl/α,β-unsaturated/α-hetero) is 1. The standard InChI is InChI=1S/C12H15BrN2OS/c13-10-3-9(6-14-7-10)4-12(16)5-11-8-17-2-1-15-11/h3,6-7,11,15H,1-2,4-5,8H2. The van der Waals surface area contributed by atoms with E-state index < -0.39 is 0 Å². The topological polar surface area (TPSA) is 42.0 Å². The Hall–Kier alpha value is -0.390. The largest absolute Gasteiger partial charge is 0.312 e. The Balaban J connectivity index is 1.84. The van der Waals surface area contributed by atoms with Crippen molar-refractivity contribution < 1.29 is 4.79 Å². The number of pyridine rings is 1. The van der Waals surface area contributed by atoms with Crippen LogP contribution in [0.3, 0.4) is 0 Å². The third kappa shape index (κ3) is 4.41. The molecule has 0 bridgehead atoms. The first-order valence-electron chi connectivity index (χ1n) is 5.66. The Morgan fingerprint density at radius 1 is 1.59 bits per heavy atom. The van der Waals surface area contributed by atoms with E-state index in [2.05, 4.69) is 26.2 Å². The molecular formula is C12H15BrN2OS. The molecule has 1 N–H and O–H groups in total. The van der Waals surface area contributed by atoms with E-state index in [0.29, 0.717) is 18.9 Å². The average molecular weight is 315 g/mol. The van der Waals surface area contributed by atoms with E-state index in [1.807, 2.05) is 17.8 Å². The van der Waals surface area contributed by atoms with Crippen LogP contribution in [-0.4, -0.2) is 34.9 Å². The summed E-state index contributed by atoms with van der Waals surface area (Å²) in [7, 11) is 0. The van der Waals surface area contributed by atoms with Gasteiger partial charge in [0, 0.05) is 53.8 Å². The first-order chi connectivity index (χ1) is 8.24. The van der Waals surface area contributed by atoms with Crippen molar-refractivity contribution in [2.75, 3.05) is 18.1 Å². The van der Waals surface area contributed by atoms with Gasteiger partial charge in [-0.05, 0) is 27.6 Å². The lowest BCUT2D eigenvalue weighted by Gasteiger charge is -2.22. The van der Waals surface area contributed by atoms with Gasteiger partial charge in [-0.2, -0.15) is 11.8 Å². The molecule has 2 heterocycles. The lowest BCUT2D eigenvalue weighted by molar-refractivity contribution is -0.118. The molecule has 1 aliphatic heterocycles. The van der Waals surface area contributed by atoms with E-state index in [1.54, 1.807) is 12.4 Å². The summed E-state index contributed by atoms with van der Waals surface area (Å²) in [4.78, 5) is 16.0. The second kappa shape index (κ2) is 6.52. The van der Waals surface area contributed by atoms with Crippen LogP contribution in [0.2, 0.25) is 0 Å². The van der Waals surface area contributed by atoms with Crippen molar-refractivity contribution in [2.24, 2.45) is 0 Å². The minimum Gasteiger partial charge on any atom is -0.312 e. The third-order valence-corrected chi connectivity index (χ3v) is 4.20. The number of hydrogen-bond donors (Lipinski definition) is 1. The monoisotopic (exact) mass is 314 g/mol. The minimum atomic E-state index is 0.282. The molecule has 0 radical (unpaired) electrons. The first-order valence-corrected chi connectivity index (χ1v) is 7.61. The van der Waals surface area contributed by atoms with Crippen LogP contribution in [0, 0.1) is 0 Å². The number of halogens is 1. The molecule has 1 unspecified atom stereocenters. The molecule has 1 saturated heterocycles. The van der Waals surface area contributed by atoms with Crippen LogP contribution in [0.4, 0.5) is 0 Å². The van der Waals surface area contributed by atoms with Gasteiger partial charge in [-0.3, -0.25) is 9.78 Å². The Bertz CT molecular complexity index is 394. The van der Waals surface area contributed by atoms with Crippen molar-refractivity contribution in [3.05, 3.63) is 28.5 Å². The van der Waals surface area contributed by atoms with Crippen LogP contribution >= 0.6 is 27.7 Å². The summed E-state index contributed by atoms with van der Waals surface area (Å²) >= 11 is 5.28. The van der Waals surface area contributed by atoms with E-state index >= 15 is 0 Å². The number of thioether (sulfide) groups is 1. The fourth-order valence-electron chi connectivity index (χ4n) is 1.88. The number of carbonyl (C=O) groups excluding carboxylic acids is 1. The third-order valence-electron chi connectivity index (χ3n) is 2.64. The number of ketones is 1. The molecule has 5 heteroatoms. The van der Waals surface area contributed by atoms with Crippen molar-refractivity contribution in [3.63, 3.8) is 0 Å². The summed E-state index contributed by atoms with van der Waals surface area (Å²) in [5.74, 6) is 2.48. The Labute approximate surface area is 114 Å². The fourth-order valence-corrected chi connectivity index (χ4v) is 3.24. The second-order valence-corrected chi connectivity index (χ2v) is 6.22. The van der Waals surface area contributed by atoms with Crippen molar-refractivity contribution in [1.29, 1.82) is 0 Å². The van der Waals surface area contributed by atoms with Gasteiger partial charge in [0.2, 0.25) is 0 Å². The molecule has 1 aliphatic rings. The normalized spacial score (nSPS) is 20.2. The van der Waals surface area contributed by atoms with E-state index in [9.17, 15) is 4.79 Å². The molecule has 17 heavy (non-hydrogen) atoms. The molecule has 1 atom stereocenters. The summed E-state index contributed by atoms with van der Waals surface area (Å²) in [6.45, 7) is 1.01. The fraction of sp³-hybridized carbons (Fsp3) is 0.500. The van der Waals surface area contributed by atoms with Crippen LogP contribution in [-0.2, 0) is 11.2 Å². The minimum absolute atomic E-state index is 0.282. The van der Waals surface area contributed by atoms with Crippen LogP contribution in [0.5, 0.6) is 0 Å². The Morgan fingerprint density at radius 3 is 3.18 bits per heavy atom. The van der Waals surface area contributed by atoms with E-state index in [1.165, 1.54) is 0 Å². The first kappa shape index (κ1) is 13.1. The molecular weight excluding hydrogens is 300 g/mol. The number of nitrogens with zero attached hydrogens (tertiary/aromatic N) is 1. The van der Waals surface area contributed by atoms with Crippen molar-refractivity contribution in [2.45, 2.75) is 18.9 Å². The number of aromatic nitrogens is 1.